The zero-order chi connectivity index (χ0) is 13.9. The van der Waals surface area contributed by atoms with Gasteiger partial charge in [0.25, 0.3) is 0 Å². The first-order chi connectivity index (χ1) is 9.72. The molecule has 0 saturated carbocycles. The maximum Gasteiger partial charge on any atom is 0.247 e. The van der Waals surface area contributed by atoms with Crippen molar-refractivity contribution in [2.75, 3.05) is 5.32 Å². The van der Waals surface area contributed by atoms with Gasteiger partial charge >= 0.3 is 0 Å². The summed E-state index contributed by atoms with van der Waals surface area (Å²) in [5.41, 5.74) is 3.21. The molecular weight excluding hydrogens is 270 g/mol. The molecule has 0 spiro atoms. The lowest BCUT2D eigenvalue weighted by molar-refractivity contribution is 0.568. The molecule has 1 N–H and O–H groups in total. The molecule has 5 heteroatoms. The standard InChI is InChI=1S/C15H15N3OS/c1-10-3-5-12(15-18-17-9-19-15)7-14(10)16-8-13-6-4-11(2)20-13/h3-7,9,16H,8H2,1-2H3. The molecule has 2 aromatic heterocycles. The molecule has 1 aromatic carbocycles. The summed E-state index contributed by atoms with van der Waals surface area (Å²) in [6.07, 6.45) is 1.34. The lowest BCUT2D eigenvalue weighted by Gasteiger charge is -2.09. The highest BCUT2D eigenvalue weighted by Crippen LogP contribution is 2.25. The van der Waals surface area contributed by atoms with Crippen molar-refractivity contribution in [2.24, 2.45) is 0 Å². The predicted octanol–water partition coefficient (Wildman–Crippen LogP) is 4.03. The maximum atomic E-state index is 5.23. The summed E-state index contributed by atoms with van der Waals surface area (Å²) in [7, 11) is 0. The molecule has 0 fully saturated rings. The van der Waals surface area contributed by atoms with Crippen molar-refractivity contribution in [1.29, 1.82) is 0 Å². The molecule has 0 bridgehead atoms. The smallest absolute Gasteiger partial charge is 0.247 e. The zero-order valence-corrected chi connectivity index (χ0v) is 12.2. The number of benzene rings is 1. The largest absolute Gasteiger partial charge is 0.423 e. The Kier molecular flexibility index (Phi) is 3.52. The molecule has 0 aliphatic heterocycles. The summed E-state index contributed by atoms with van der Waals surface area (Å²) in [4.78, 5) is 2.66. The van der Waals surface area contributed by atoms with Crippen LogP contribution in [0.4, 0.5) is 5.69 Å². The van der Waals surface area contributed by atoms with E-state index in [4.69, 9.17) is 4.42 Å². The highest BCUT2D eigenvalue weighted by atomic mass is 32.1. The second-order valence-corrected chi connectivity index (χ2v) is 6.01. The first-order valence-electron chi connectivity index (χ1n) is 6.39. The number of thiophene rings is 1. The van der Waals surface area contributed by atoms with Crippen molar-refractivity contribution in [2.45, 2.75) is 20.4 Å². The SMILES string of the molecule is Cc1ccc(CNc2cc(-c3nnco3)ccc2C)s1. The number of hydrogen-bond acceptors (Lipinski definition) is 5. The predicted molar refractivity (Wildman–Crippen MR) is 80.9 cm³/mol. The molecule has 0 atom stereocenters. The van der Waals surface area contributed by atoms with Gasteiger partial charge in [0.2, 0.25) is 12.3 Å². The van der Waals surface area contributed by atoms with E-state index in [1.807, 2.05) is 23.5 Å². The highest BCUT2D eigenvalue weighted by Gasteiger charge is 2.07. The van der Waals surface area contributed by atoms with E-state index in [-0.39, 0.29) is 0 Å². The number of nitrogens with one attached hydrogen (secondary N) is 1. The maximum absolute atomic E-state index is 5.23. The summed E-state index contributed by atoms with van der Waals surface area (Å²) in [6.45, 7) is 5.03. The lowest BCUT2D eigenvalue weighted by atomic mass is 10.1. The summed E-state index contributed by atoms with van der Waals surface area (Å²) < 4.78 is 5.23. The minimum atomic E-state index is 0.542. The van der Waals surface area contributed by atoms with Crippen LogP contribution in [0.3, 0.4) is 0 Å². The third-order valence-corrected chi connectivity index (χ3v) is 4.09. The van der Waals surface area contributed by atoms with Crippen LogP contribution in [0.2, 0.25) is 0 Å². The van der Waals surface area contributed by atoms with E-state index in [1.54, 1.807) is 0 Å². The average Bonchev–Trinajstić information content (AvgIpc) is 3.09. The van der Waals surface area contributed by atoms with Gasteiger partial charge in [-0.15, -0.1) is 21.5 Å². The number of hydrogen-bond donors (Lipinski definition) is 1. The molecule has 102 valence electrons. The highest BCUT2D eigenvalue weighted by molar-refractivity contribution is 7.11. The van der Waals surface area contributed by atoms with Gasteiger partial charge in [0.1, 0.15) is 0 Å². The quantitative estimate of drug-likeness (QED) is 0.786. The topological polar surface area (TPSA) is 51.0 Å². The van der Waals surface area contributed by atoms with Crippen LogP contribution in [0.1, 0.15) is 15.3 Å². The monoisotopic (exact) mass is 285 g/mol. The molecule has 0 radical (unpaired) electrons. The Bertz CT molecular complexity index is 704. The molecule has 0 amide bonds. The molecular formula is C15H15N3OS. The minimum Gasteiger partial charge on any atom is -0.423 e. The van der Waals surface area contributed by atoms with Crippen LogP contribution in [0.25, 0.3) is 11.5 Å². The molecule has 20 heavy (non-hydrogen) atoms. The van der Waals surface area contributed by atoms with Gasteiger partial charge in [-0.1, -0.05) is 6.07 Å². The van der Waals surface area contributed by atoms with Crippen molar-refractivity contribution in [3.8, 4) is 11.5 Å². The van der Waals surface area contributed by atoms with E-state index in [1.165, 1.54) is 21.7 Å². The Morgan fingerprint density at radius 2 is 2.10 bits per heavy atom. The summed E-state index contributed by atoms with van der Waals surface area (Å²) in [5.74, 6) is 0.542. The number of anilines is 1. The van der Waals surface area contributed by atoms with E-state index in [2.05, 4.69) is 47.6 Å². The Morgan fingerprint density at radius 3 is 2.80 bits per heavy atom. The van der Waals surface area contributed by atoms with Crippen molar-refractivity contribution in [3.63, 3.8) is 0 Å². The number of aromatic nitrogens is 2. The first-order valence-corrected chi connectivity index (χ1v) is 7.20. The Hall–Kier alpha value is -2.14. The van der Waals surface area contributed by atoms with Crippen LogP contribution >= 0.6 is 11.3 Å². The van der Waals surface area contributed by atoms with Gasteiger partial charge in [-0.25, -0.2) is 0 Å². The Morgan fingerprint density at radius 1 is 1.20 bits per heavy atom. The van der Waals surface area contributed by atoms with Crippen LogP contribution < -0.4 is 5.32 Å². The Labute approximate surface area is 121 Å². The van der Waals surface area contributed by atoms with Crippen LogP contribution in [-0.2, 0) is 6.54 Å². The van der Waals surface area contributed by atoms with Gasteiger partial charge < -0.3 is 9.73 Å². The summed E-state index contributed by atoms with van der Waals surface area (Å²) in [5, 5.41) is 11.1. The van der Waals surface area contributed by atoms with Crippen molar-refractivity contribution < 1.29 is 4.42 Å². The second-order valence-electron chi connectivity index (χ2n) is 4.64. The Balaban J connectivity index is 1.80. The van der Waals surface area contributed by atoms with E-state index in [9.17, 15) is 0 Å². The number of rotatable bonds is 4. The van der Waals surface area contributed by atoms with Gasteiger partial charge in [0.05, 0.1) is 0 Å². The molecule has 0 aliphatic rings. The normalized spacial score (nSPS) is 10.7. The number of aryl methyl sites for hydroxylation is 2. The van der Waals surface area contributed by atoms with E-state index < -0.39 is 0 Å². The van der Waals surface area contributed by atoms with Gasteiger partial charge in [-0.2, -0.15) is 0 Å². The second kappa shape index (κ2) is 5.46. The molecule has 0 unspecified atom stereocenters. The third kappa shape index (κ3) is 2.72. The molecule has 0 saturated heterocycles. The first kappa shape index (κ1) is 12.9. The molecule has 2 heterocycles. The van der Waals surface area contributed by atoms with Crippen LogP contribution in [0.5, 0.6) is 0 Å². The van der Waals surface area contributed by atoms with Crippen molar-refractivity contribution in [3.05, 3.63) is 52.0 Å². The van der Waals surface area contributed by atoms with Crippen LogP contribution in [-0.4, -0.2) is 10.2 Å². The van der Waals surface area contributed by atoms with Gasteiger partial charge in [-0.3, -0.25) is 0 Å². The van der Waals surface area contributed by atoms with Gasteiger partial charge in [-0.05, 0) is 43.7 Å². The van der Waals surface area contributed by atoms with Crippen molar-refractivity contribution in [1.82, 2.24) is 10.2 Å². The van der Waals surface area contributed by atoms with Gasteiger partial charge in [0.15, 0.2) is 0 Å². The fourth-order valence-corrected chi connectivity index (χ4v) is 2.84. The molecule has 3 aromatic rings. The minimum absolute atomic E-state index is 0.542. The zero-order valence-electron chi connectivity index (χ0n) is 11.4. The fraction of sp³-hybridized carbons (Fsp3) is 0.200. The fourth-order valence-electron chi connectivity index (χ4n) is 2.01. The van der Waals surface area contributed by atoms with E-state index >= 15 is 0 Å². The van der Waals surface area contributed by atoms with Crippen molar-refractivity contribution >= 4 is 17.0 Å². The van der Waals surface area contributed by atoms with Crippen LogP contribution in [0.15, 0.2) is 41.1 Å². The van der Waals surface area contributed by atoms with E-state index in [0.29, 0.717) is 5.89 Å². The molecule has 4 nitrogen and oxygen atoms in total. The average molecular weight is 285 g/mol. The van der Waals surface area contributed by atoms with Crippen LogP contribution in [0, 0.1) is 13.8 Å². The molecule has 3 rings (SSSR count). The van der Waals surface area contributed by atoms with Gasteiger partial charge in [0, 0.05) is 27.5 Å². The lowest BCUT2D eigenvalue weighted by Crippen LogP contribution is -1.99. The summed E-state index contributed by atoms with van der Waals surface area (Å²) in [6, 6.07) is 10.4. The summed E-state index contributed by atoms with van der Waals surface area (Å²) >= 11 is 1.81. The third-order valence-electron chi connectivity index (χ3n) is 3.09. The van der Waals surface area contributed by atoms with E-state index in [0.717, 1.165) is 17.8 Å². The molecule has 0 aliphatic carbocycles. The number of nitrogens with zero attached hydrogens (tertiary/aromatic N) is 2.